The minimum Gasteiger partial charge on any atom is -0.491 e. The summed E-state index contributed by atoms with van der Waals surface area (Å²) < 4.78 is 5.70. The Balaban J connectivity index is 2.68. The van der Waals surface area contributed by atoms with Crippen LogP contribution in [0.25, 0.3) is 0 Å². The molecule has 0 saturated heterocycles. The first-order valence-electron chi connectivity index (χ1n) is 5.52. The number of benzene rings is 1. The fourth-order valence-electron chi connectivity index (χ4n) is 1.44. The highest BCUT2D eigenvalue weighted by Gasteiger charge is 2.05. The largest absolute Gasteiger partial charge is 0.491 e. The maximum absolute atomic E-state index is 9.25. The Morgan fingerprint density at radius 3 is 2.47 bits per heavy atom. The zero-order valence-electron chi connectivity index (χ0n) is 9.73. The number of hydrogen-bond acceptors (Lipinski definition) is 2. The van der Waals surface area contributed by atoms with Crippen LogP contribution in [0.4, 0.5) is 0 Å². The van der Waals surface area contributed by atoms with Crippen molar-refractivity contribution in [2.45, 2.75) is 45.8 Å². The van der Waals surface area contributed by atoms with Gasteiger partial charge in [0.1, 0.15) is 5.75 Å². The predicted octanol–water partition coefficient (Wildman–Crippen LogP) is 2.79. The third kappa shape index (κ3) is 4.34. The van der Waals surface area contributed by atoms with Crippen molar-refractivity contribution in [2.75, 3.05) is 0 Å². The van der Waals surface area contributed by atoms with Crippen molar-refractivity contribution in [3.05, 3.63) is 29.8 Å². The molecule has 0 fully saturated rings. The van der Waals surface area contributed by atoms with Gasteiger partial charge in [-0.1, -0.05) is 18.2 Å². The normalized spacial score (nSPS) is 12.9. The molecule has 0 aromatic heterocycles. The van der Waals surface area contributed by atoms with Crippen LogP contribution in [0.15, 0.2) is 24.3 Å². The molecule has 0 heterocycles. The monoisotopic (exact) mass is 208 g/mol. The molecule has 84 valence electrons. The summed E-state index contributed by atoms with van der Waals surface area (Å²) in [5.41, 5.74) is 1.17. The number of aliphatic hydroxyl groups excluding tert-OH is 1. The number of hydrogen-bond donors (Lipinski definition) is 1. The molecular formula is C13H20O2. The van der Waals surface area contributed by atoms with Crippen LogP contribution >= 0.6 is 0 Å². The zero-order chi connectivity index (χ0) is 11.3. The molecule has 1 atom stereocenters. The SMILES string of the molecule is CC(C)Oc1ccccc1CC[C@H](C)O. The second kappa shape index (κ2) is 5.76. The van der Waals surface area contributed by atoms with Gasteiger partial charge in [0.15, 0.2) is 0 Å². The predicted molar refractivity (Wildman–Crippen MR) is 62.2 cm³/mol. The Hall–Kier alpha value is -1.02. The molecule has 0 radical (unpaired) electrons. The molecular weight excluding hydrogens is 188 g/mol. The lowest BCUT2D eigenvalue weighted by atomic mass is 10.1. The lowest BCUT2D eigenvalue weighted by molar-refractivity contribution is 0.183. The molecule has 15 heavy (non-hydrogen) atoms. The summed E-state index contributed by atoms with van der Waals surface area (Å²) in [6.45, 7) is 5.85. The highest BCUT2D eigenvalue weighted by molar-refractivity contribution is 5.33. The number of para-hydroxylation sites is 1. The van der Waals surface area contributed by atoms with Crippen molar-refractivity contribution in [3.63, 3.8) is 0 Å². The molecule has 1 N–H and O–H groups in total. The Morgan fingerprint density at radius 1 is 1.20 bits per heavy atom. The molecule has 0 aliphatic heterocycles. The lowest BCUT2D eigenvalue weighted by Crippen LogP contribution is -2.08. The number of rotatable bonds is 5. The molecule has 1 aromatic carbocycles. The van der Waals surface area contributed by atoms with Gasteiger partial charge in [0.2, 0.25) is 0 Å². The van der Waals surface area contributed by atoms with Gasteiger partial charge < -0.3 is 9.84 Å². The van der Waals surface area contributed by atoms with Gasteiger partial charge in [-0.25, -0.2) is 0 Å². The van der Waals surface area contributed by atoms with Gasteiger partial charge in [-0.05, 0) is 45.2 Å². The van der Waals surface area contributed by atoms with Gasteiger partial charge in [-0.3, -0.25) is 0 Å². The highest BCUT2D eigenvalue weighted by atomic mass is 16.5. The lowest BCUT2D eigenvalue weighted by Gasteiger charge is -2.14. The van der Waals surface area contributed by atoms with Gasteiger partial charge in [0.05, 0.1) is 12.2 Å². The number of ether oxygens (including phenoxy) is 1. The van der Waals surface area contributed by atoms with E-state index < -0.39 is 0 Å². The van der Waals surface area contributed by atoms with Crippen LogP contribution in [0.2, 0.25) is 0 Å². The summed E-state index contributed by atoms with van der Waals surface area (Å²) in [7, 11) is 0. The first kappa shape index (κ1) is 12.1. The summed E-state index contributed by atoms with van der Waals surface area (Å²) >= 11 is 0. The van der Waals surface area contributed by atoms with Crippen LogP contribution in [-0.4, -0.2) is 17.3 Å². The molecule has 1 rings (SSSR count). The van der Waals surface area contributed by atoms with E-state index in [1.165, 1.54) is 5.56 Å². The van der Waals surface area contributed by atoms with Crippen LogP contribution in [-0.2, 0) is 6.42 Å². The van der Waals surface area contributed by atoms with E-state index >= 15 is 0 Å². The van der Waals surface area contributed by atoms with Gasteiger partial charge >= 0.3 is 0 Å². The summed E-state index contributed by atoms with van der Waals surface area (Å²) in [5, 5.41) is 9.25. The Kier molecular flexibility index (Phi) is 4.63. The molecule has 0 aliphatic carbocycles. The van der Waals surface area contributed by atoms with E-state index in [0.29, 0.717) is 0 Å². The summed E-state index contributed by atoms with van der Waals surface area (Å²) in [6.07, 6.45) is 1.58. The Bertz CT molecular complexity index is 292. The van der Waals surface area contributed by atoms with Gasteiger partial charge in [0.25, 0.3) is 0 Å². The highest BCUT2D eigenvalue weighted by Crippen LogP contribution is 2.21. The molecule has 2 nitrogen and oxygen atoms in total. The molecule has 1 aromatic rings. The smallest absolute Gasteiger partial charge is 0.122 e. The third-order valence-corrected chi connectivity index (χ3v) is 2.17. The van der Waals surface area contributed by atoms with E-state index in [-0.39, 0.29) is 12.2 Å². The van der Waals surface area contributed by atoms with Crippen molar-refractivity contribution >= 4 is 0 Å². The fraction of sp³-hybridized carbons (Fsp3) is 0.538. The van der Waals surface area contributed by atoms with E-state index in [1.54, 1.807) is 0 Å². The van der Waals surface area contributed by atoms with Gasteiger partial charge in [-0.15, -0.1) is 0 Å². The quantitative estimate of drug-likeness (QED) is 0.806. The van der Waals surface area contributed by atoms with Gasteiger partial charge in [0, 0.05) is 0 Å². The van der Waals surface area contributed by atoms with Crippen molar-refractivity contribution in [1.82, 2.24) is 0 Å². The first-order chi connectivity index (χ1) is 7.09. The average Bonchev–Trinajstić information content (AvgIpc) is 2.15. The van der Waals surface area contributed by atoms with E-state index in [2.05, 4.69) is 6.07 Å². The van der Waals surface area contributed by atoms with Crippen LogP contribution < -0.4 is 4.74 Å². The van der Waals surface area contributed by atoms with Gasteiger partial charge in [-0.2, -0.15) is 0 Å². The molecule has 0 spiro atoms. The number of aliphatic hydroxyl groups is 1. The maximum atomic E-state index is 9.25. The molecule has 0 bridgehead atoms. The van der Waals surface area contributed by atoms with Crippen molar-refractivity contribution < 1.29 is 9.84 Å². The second-order valence-electron chi connectivity index (χ2n) is 4.16. The van der Waals surface area contributed by atoms with Crippen LogP contribution in [0.1, 0.15) is 32.8 Å². The molecule has 0 unspecified atom stereocenters. The number of aryl methyl sites for hydroxylation is 1. The molecule has 0 saturated carbocycles. The van der Waals surface area contributed by atoms with E-state index in [9.17, 15) is 5.11 Å². The van der Waals surface area contributed by atoms with Crippen LogP contribution in [0.3, 0.4) is 0 Å². The van der Waals surface area contributed by atoms with Crippen molar-refractivity contribution in [1.29, 1.82) is 0 Å². The zero-order valence-corrected chi connectivity index (χ0v) is 9.73. The molecule has 0 amide bonds. The Morgan fingerprint density at radius 2 is 1.87 bits per heavy atom. The van der Waals surface area contributed by atoms with Crippen molar-refractivity contribution in [2.24, 2.45) is 0 Å². The van der Waals surface area contributed by atoms with E-state index in [1.807, 2.05) is 39.0 Å². The molecule has 0 aliphatic rings. The van der Waals surface area contributed by atoms with Crippen LogP contribution in [0.5, 0.6) is 5.75 Å². The van der Waals surface area contributed by atoms with E-state index in [0.717, 1.165) is 18.6 Å². The molecule has 2 heteroatoms. The minimum absolute atomic E-state index is 0.192. The first-order valence-corrected chi connectivity index (χ1v) is 5.52. The van der Waals surface area contributed by atoms with E-state index in [4.69, 9.17) is 4.74 Å². The third-order valence-electron chi connectivity index (χ3n) is 2.17. The summed E-state index contributed by atoms with van der Waals surface area (Å²) in [6, 6.07) is 8.02. The summed E-state index contributed by atoms with van der Waals surface area (Å²) in [4.78, 5) is 0. The minimum atomic E-state index is -0.253. The maximum Gasteiger partial charge on any atom is 0.122 e. The topological polar surface area (TPSA) is 29.5 Å². The summed E-state index contributed by atoms with van der Waals surface area (Å²) in [5.74, 6) is 0.938. The van der Waals surface area contributed by atoms with Crippen molar-refractivity contribution in [3.8, 4) is 5.75 Å². The average molecular weight is 208 g/mol. The Labute approximate surface area is 91.9 Å². The van der Waals surface area contributed by atoms with Crippen LogP contribution in [0, 0.1) is 0 Å². The fourth-order valence-corrected chi connectivity index (χ4v) is 1.44. The second-order valence-corrected chi connectivity index (χ2v) is 4.16. The standard InChI is InChI=1S/C13H20O2/c1-10(2)15-13-7-5-4-6-12(13)9-8-11(3)14/h4-7,10-11,14H,8-9H2,1-3H3/t11-/m0/s1.